The van der Waals surface area contributed by atoms with E-state index in [0.29, 0.717) is 22.7 Å². The Morgan fingerprint density at radius 2 is 2.16 bits per heavy atom. The number of hydrogen-bond acceptors (Lipinski definition) is 6. The van der Waals surface area contributed by atoms with Crippen molar-refractivity contribution >= 4 is 31.8 Å². The third-order valence-corrected chi connectivity index (χ3v) is 3.89. The minimum absolute atomic E-state index is 0.355. The maximum Gasteiger partial charge on any atom is 0.357 e. The number of thiophene rings is 1. The molecule has 5 nitrogen and oxygen atoms in total. The maximum atomic E-state index is 11.9. The fourth-order valence-corrected chi connectivity index (χ4v) is 3.25. The number of ether oxygens (including phenoxy) is 1. The van der Waals surface area contributed by atoms with Crippen molar-refractivity contribution in [1.29, 1.82) is 0 Å². The van der Waals surface area contributed by atoms with Crippen molar-refractivity contribution in [2.75, 3.05) is 7.11 Å². The van der Waals surface area contributed by atoms with E-state index >= 15 is 0 Å². The zero-order valence-electron chi connectivity index (χ0n) is 10.8. The van der Waals surface area contributed by atoms with Gasteiger partial charge in [0, 0.05) is 25.1 Å². The summed E-state index contributed by atoms with van der Waals surface area (Å²) in [7, 11) is 1.64. The zero-order chi connectivity index (χ0) is 13.6. The Bertz CT molecular complexity index is 835. The molecule has 0 saturated heterocycles. The van der Waals surface area contributed by atoms with Crippen LogP contribution >= 0.6 is 11.3 Å². The van der Waals surface area contributed by atoms with Crippen LogP contribution in [0.2, 0.25) is 0 Å². The molecule has 0 aromatic carbocycles. The van der Waals surface area contributed by atoms with Gasteiger partial charge in [-0.3, -0.25) is 0 Å². The Balaban J connectivity index is 2.52. The molecule has 0 unspecified atom stereocenters. The van der Waals surface area contributed by atoms with Crippen molar-refractivity contribution in [2.45, 2.75) is 20.5 Å². The van der Waals surface area contributed by atoms with E-state index in [4.69, 9.17) is 9.15 Å². The number of methoxy groups -OCH3 is 1. The molecule has 19 heavy (non-hydrogen) atoms. The van der Waals surface area contributed by atoms with Crippen LogP contribution in [-0.2, 0) is 11.3 Å². The SMILES string of the molecule is COCc1cc(C)nc2sc3c(=O)oc(C)nc3c12. The molecular weight excluding hydrogens is 264 g/mol. The summed E-state index contributed by atoms with van der Waals surface area (Å²) < 4.78 is 10.8. The fraction of sp³-hybridized carbons (Fsp3) is 0.308. The van der Waals surface area contributed by atoms with Crippen molar-refractivity contribution in [3.63, 3.8) is 0 Å². The largest absolute Gasteiger partial charge is 0.408 e. The van der Waals surface area contributed by atoms with E-state index in [-0.39, 0.29) is 5.63 Å². The average molecular weight is 276 g/mol. The van der Waals surface area contributed by atoms with Crippen LogP contribution in [0.5, 0.6) is 0 Å². The lowest BCUT2D eigenvalue weighted by atomic mass is 10.1. The van der Waals surface area contributed by atoms with Crippen molar-refractivity contribution in [1.82, 2.24) is 9.97 Å². The van der Waals surface area contributed by atoms with E-state index in [1.54, 1.807) is 14.0 Å². The van der Waals surface area contributed by atoms with Gasteiger partial charge in [0.1, 0.15) is 15.0 Å². The van der Waals surface area contributed by atoms with Crippen LogP contribution in [0.4, 0.5) is 0 Å². The number of aryl methyl sites for hydroxylation is 2. The van der Waals surface area contributed by atoms with Crippen LogP contribution in [-0.4, -0.2) is 17.1 Å². The van der Waals surface area contributed by atoms with E-state index in [2.05, 4.69) is 9.97 Å². The topological polar surface area (TPSA) is 65.2 Å². The van der Waals surface area contributed by atoms with Gasteiger partial charge in [0.15, 0.2) is 5.89 Å². The number of fused-ring (bicyclic) bond motifs is 3. The predicted octanol–water partition coefficient (Wildman–Crippen LogP) is 2.56. The molecule has 0 N–H and O–H groups in total. The van der Waals surface area contributed by atoms with Crippen LogP contribution in [0.1, 0.15) is 17.1 Å². The van der Waals surface area contributed by atoms with Gasteiger partial charge in [0.05, 0.1) is 6.61 Å². The quantitative estimate of drug-likeness (QED) is 0.719. The average Bonchev–Trinajstić information content (AvgIpc) is 2.68. The molecule has 0 spiro atoms. The highest BCUT2D eigenvalue weighted by atomic mass is 32.1. The molecule has 0 fully saturated rings. The first-order valence-electron chi connectivity index (χ1n) is 5.79. The normalized spacial score (nSPS) is 11.5. The third kappa shape index (κ3) is 1.93. The van der Waals surface area contributed by atoms with Gasteiger partial charge in [0.2, 0.25) is 0 Å². The van der Waals surface area contributed by atoms with Gasteiger partial charge in [0.25, 0.3) is 0 Å². The molecule has 6 heteroatoms. The minimum atomic E-state index is -0.355. The molecular formula is C13H12N2O3S. The standard InChI is InChI=1S/C13H12N2O3S/c1-6-4-8(5-17-3)9-10-11(19-12(9)14-6)13(16)18-7(2)15-10/h4H,5H2,1-3H3. The van der Waals surface area contributed by atoms with Crippen LogP contribution in [0.3, 0.4) is 0 Å². The Labute approximate surface area is 112 Å². The van der Waals surface area contributed by atoms with Crippen molar-refractivity contribution < 1.29 is 9.15 Å². The third-order valence-electron chi connectivity index (χ3n) is 2.84. The molecule has 0 atom stereocenters. The number of aromatic nitrogens is 2. The predicted molar refractivity (Wildman–Crippen MR) is 73.6 cm³/mol. The minimum Gasteiger partial charge on any atom is -0.408 e. The first-order chi connectivity index (χ1) is 9.10. The molecule has 3 aromatic heterocycles. The van der Waals surface area contributed by atoms with Gasteiger partial charge in [-0.05, 0) is 18.6 Å². The van der Waals surface area contributed by atoms with Crippen LogP contribution in [0.25, 0.3) is 20.4 Å². The molecule has 0 saturated carbocycles. The fourth-order valence-electron chi connectivity index (χ4n) is 2.17. The van der Waals surface area contributed by atoms with E-state index in [1.807, 2.05) is 13.0 Å². The summed E-state index contributed by atoms with van der Waals surface area (Å²) in [5.74, 6) is 0.362. The smallest absolute Gasteiger partial charge is 0.357 e. The Morgan fingerprint density at radius 1 is 1.37 bits per heavy atom. The molecule has 0 aliphatic heterocycles. The van der Waals surface area contributed by atoms with Crippen molar-refractivity contribution in [3.8, 4) is 0 Å². The highest BCUT2D eigenvalue weighted by Gasteiger charge is 2.16. The Morgan fingerprint density at radius 3 is 2.89 bits per heavy atom. The van der Waals surface area contributed by atoms with Gasteiger partial charge in [-0.15, -0.1) is 11.3 Å². The number of hydrogen-bond donors (Lipinski definition) is 0. The van der Waals surface area contributed by atoms with E-state index in [0.717, 1.165) is 21.5 Å². The van der Waals surface area contributed by atoms with Crippen molar-refractivity contribution in [3.05, 3.63) is 33.6 Å². The Hall–Kier alpha value is -1.79. The van der Waals surface area contributed by atoms with Crippen LogP contribution in [0, 0.1) is 13.8 Å². The highest BCUT2D eigenvalue weighted by molar-refractivity contribution is 7.25. The lowest BCUT2D eigenvalue weighted by Crippen LogP contribution is -2.00. The lowest BCUT2D eigenvalue weighted by Gasteiger charge is -2.03. The van der Waals surface area contributed by atoms with Crippen LogP contribution in [0.15, 0.2) is 15.3 Å². The summed E-state index contributed by atoms with van der Waals surface area (Å²) in [5.41, 5.74) is 2.20. The number of rotatable bonds is 2. The number of pyridine rings is 1. The molecule has 0 aliphatic carbocycles. The molecule has 3 heterocycles. The lowest BCUT2D eigenvalue weighted by molar-refractivity contribution is 0.186. The summed E-state index contributed by atoms with van der Waals surface area (Å²) in [4.78, 5) is 21.5. The summed E-state index contributed by atoms with van der Waals surface area (Å²) in [5, 5.41) is 0.892. The van der Waals surface area contributed by atoms with Gasteiger partial charge >= 0.3 is 5.63 Å². The maximum absolute atomic E-state index is 11.9. The van der Waals surface area contributed by atoms with E-state index < -0.39 is 0 Å². The summed E-state index contributed by atoms with van der Waals surface area (Å²) >= 11 is 1.32. The highest BCUT2D eigenvalue weighted by Crippen LogP contribution is 2.32. The van der Waals surface area contributed by atoms with Gasteiger partial charge in [-0.25, -0.2) is 14.8 Å². The summed E-state index contributed by atoms with van der Waals surface area (Å²) in [6.45, 7) is 4.05. The summed E-state index contributed by atoms with van der Waals surface area (Å²) in [6, 6.07) is 1.96. The molecule has 3 rings (SSSR count). The first kappa shape index (κ1) is 12.3. The van der Waals surface area contributed by atoms with Crippen molar-refractivity contribution in [2.24, 2.45) is 0 Å². The molecule has 0 amide bonds. The van der Waals surface area contributed by atoms with Gasteiger partial charge in [-0.1, -0.05) is 0 Å². The molecule has 0 aliphatic rings. The molecule has 0 bridgehead atoms. The van der Waals surface area contributed by atoms with Gasteiger partial charge in [-0.2, -0.15) is 0 Å². The molecule has 3 aromatic rings. The van der Waals surface area contributed by atoms with E-state index in [9.17, 15) is 4.79 Å². The number of nitrogens with zero attached hydrogens (tertiary/aromatic N) is 2. The monoisotopic (exact) mass is 276 g/mol. The second kappa shape index (κ2) is 4.40. The van der Waals surface area contributed by atoms with Gasteiger partial charge < -0.3 is 9.15 Å². The van der Waals surface area contributed by atoms with Crippen LogP contribution < -0.4 is 5.63 Å². The second-order valence-corrected chi connectivity index (χ2v) is 5.34. The first-order valence-corrected chi connectivity index (χ1v) is 6.61. The second-order valence-electron chi connectivity index (χ2n) is 4.34. The van der Waals surface area contributed by atoms with E-state index in [1.165, 1.54) is 11.3 Å². The molecule has 0 radical (unpaired) electrons. The Kier molecular flexibility index (Phi) is 2.83. The zero-order valence-corrected chi connectivity index (χ0v) is 11.6. The summed E-state index contributed by atoms with van der Waals surface area (Å²) in [6.07, 6.45) is 0. The molecule has 98 valence electrons.